The van der Waals surface area contributed by atoms with E-state index in [-0.39, 0.29) is 58.4 Å². The van der Waals surface area contributed by atoms with Crippen molar-refractivity contribution < 1.29 is 28.6 Å². The lowest BCUT2D eigenvalue weighted by atomic mass is 9.87. The number of ketones is 2. The van der Waals surface area contributed by atoms with Crippen molar-refractivity contribution in [3.63, 3.8) is 0 Å². The van der Waals surface area contributed by atoms with Crippen molar-refractivity contribution in [2.75, 3.05) is 7.05 Å². The summed E-state index contributed by atoms with van der Waals surface area (Å²) in [4.78, 5) is 56.6. The number of carbonyl (C=O) groups excluding carboxylic acids is 3. The number of ether oxygens (including phenoxy) is 3. The van der Waals surface area contributed by atoms with Crippen LogP contribution in [0.5, 0.6) is 0 Å². The minimum absolute atomic E-state index is 0.0722. The standard InChI is InChI=1S/C27H46N2O2.C26H44N2O2.C10H21NO2.C5H12.2C4H10/c1-10-12-14-22(11-2)26(31-19(3)4)16-13-15-25(30)24-18-28-23(21(6)29-24)17-20(5)27(7,8)9;1-9-10-11-12-14-22(30-19(2)3)15-13-16-25(29)24-18-27-23(21(5)28-24)17-20(4)26(6,7)8;1-9(2,3)11(7)8(12)13-10(4,5)6;1-5(2,3)4;2*1-3-4-2/h17-19,22,26H,10-16H2,1-9H3;17-19,22H,9-16H2,1-8H3;1-7H3;1-4H3;2*3-4H2,1-2H3/b2*20-17+;;;;. The van der Waals surface area contributed by atoms with Crippen LogP contribution in [0.1, 0.15) is 367 Å². The van der Waals surface area contributed by atoms with E-state index in [1.807, 2.05) is 55.4 Å². The van der Waals surface area contributed by atoms with Crippen LogP contribution in [-0.4, -0.2) is 85.1 Å². The smallest absolute Gasteiger partial charge is 0.410 e. The molecule has 11 nitrogen and oxygen atoms in total. The number of hydrogen-bond donors (Lipinski definition) is 0. The van der Waals surface area contributed by atoms with Crippen LogP contribution >= 0.6 is 0 Å². The number of allylic oxidation sites excluding steroid dienone is 2. The Morgan fingerprint density at radius 3 is 1.21 bits per heavy atom. The molecule has 0 aliphatic heterocycles. The predicted octanol–water partition coefficient (Wildman–Crippen LogP) is 23.3. The van der Waals surface area contributed by atoms with Crippen molar-refractivity contribution in [2.45, 2.75) is 372 Å². The molecule has 0 aromatic carbocycles. The second kappa shape index (κ2) is 47.1. The number of unbranched alkanes of at least 4 members (excludes halogenated alkanes) is 6. The number of carbonyl (C=O) groups is 3. The van der Waals surface area contributed by atoms with Crippen LogP contribution in [0.2, 0.25) is 0 Å². The van der Waals surface area contributed by atoms with Crippen LogP contribution in [0.4, 0.5) is 4.79 Å². The first-order valence-corrected chi connectivity index (χ1v) is 34.3. The minimum Gasteiger partial charge on any atom is -0.444 e. The number of aryl methyl sites for hydroxylation is 2. The topological polar surface area (TPSA) is 134 Å². The van der Waals surface area contributed by atoms with Crippen molar-refractivity contribution in [3.8, 4) is 0 Å². The molecular formula is C76H143N5O6. The number of amides is 1. The van der Waals surface area contributed by atoms with E-state index in [0.29, 0.717) is 35.6 Å². The first-order chi connectivity index (χ1) is 39.9. The zero-order chi connectivity index (χ0) is 68.5. The van der Waals surface area contributed by atoms with Gasteiger partial charge in [-0.2, -0.15) is 0 Å². The molecule has 1 amide bonds. The van der Waals surface area contributed by atoms with Gasteiger partial charge in [-0.15, -0.1) is 0 Å². The monoisotopic (exact) mass is 1220 g/mol. The van der Waals surface area contributed by atoms with Gasteiger partial charge in [-0.05, 0) is 170 Å². The molecule has 0 saturated heterocycles. The van der Waals surface area contributed by atoms with Crippen molar-refractivity contribution in [1.29, 1.82) is 0 Å². The van der Waals surface area contributed by atoms with Gasteiger partial charge in [0.15, 0.2) is 11.6 Å². The molecule has 0 aliphatic carbocycles. The van der Waals surface area contributed by atoms with Crippen molar-refractivity contribution >= 4 is 29.8 Å². The van der Waals surface area contributed by atoms with E-state index in [4.69, 9.17) is 14.2 Å². The molecule has 508 valence electrons. The number of rotatable bonds is 28. The van der Waals surface area contributed by atoms with Crippen molar-refractivity contribution in [1.82, 2.24) is 24.8 Å². The second-order valence-corrected chi connectivity index (χ2v) is 30.1. The number of nitrogens with zero attached hydrogens (tertiary/aromatic N) is 5. The van der Waals surface area contributed by atoms with Crippen LogP contribution < -0.4 is 0 Å². The molecule has 3 unspecified atom stereocenters. The van der Waals surface area contributed by atoms with E-state index in [2.05, 4.69) is 191 Å². The van der Waals surface area contributed by atoms with Gasteiger partial charge in [0, 0.05) is 25.4 Å². The average molecular weight is 1220 g/mol. The largest absolute Gasteiger partial charge is 0.444 e. The fourth-order valence-corrected chi connectivity index (χ4v) is 7.54. The third-order valence-electron chi connectivity index (χ3n) is 14.4. The molecule has 0 fully saturated rings. The second-order valence-electron chi connectivity index (χ2n) is 30.1. The summed E-state index contributed by atoms with van der Waals surface area (Å²) >= 11 is 0. The molecule has 2 aromatic rings. The fraction of sp³-hybridized carbons (Fsp3) is 0.803. The van der Waals surface area contributed by atoms with Gasteiger partial charge in [0.25, 0.3) is 0 Å². The fourth-order valence-electron chi connectivity index (χ4n) is 7.54. The van der Waals surface area contributed by atoms with Gasteiger partial charge in [0.2, 0.25) is 0 Å². The first-order valence-electron chi connectivity index (χ1n) is 34.3. The summed E-state index contributed by atoms with van der Waals surface area (Å²) in [6.45, 7) is 65.2. The lowest BCUT2D eigenvalue weighted by Crippen LogP contribution is -2.45. The van der Waals surface area contributed by atoms with Gasteiger partial charge in [-0.3, -0.25) is 19.6 Å². The summed E-state index contributed by atoms with van der Waals surface area (Å²) in [7, 11) is 1.74. The van der Waals surface area contributed by atoms with Gasteiger partial charge in [0.1, 0.15) is 17.0 Å². The molecule has 2 rings (SSSR count). The maximum absolute atomic E-state index is 12.7. The van der Waals surface area contributed by atoms with Gasteiger partial charge >= 0.3 is 6.09 Å². The van der Waals surface area contributed by atoms with E-state index >= 15 is 0 Å². The normalized spacial score (nSPS) is 13.2. The lowest BCUT2D eigenvalue weighted by Gasteiger charge is -2.33. The Morgan fingerprint density at radius 2 is 0.897 bits per heavy atom. The zero-order valence-electron chi connectivity index (χ0n) is 63.3. The number of aromatic nitrogens is 4. The van der Waals surface area contributed by atoms with Crippen molar-refractivity contribution in [3.05, 3.63) is 57.7 Å². The molecule has 2 heterocycles. The lowest BCUT2D eigenvalue weighted by molar-refractivity contribution is -0.0353. The molecule has 0 radical (unpaired) electrons. The highest BCUT2D eigenvalue weighted by molar-refractivity contribution is 5.94. The third kappa shape index (κ3) is 49.6. The Balaban J connectivity index is -0.000000566. The quantitative estimate of drug-likeness (QED) is 0.0599. The van der Waals surface area contributed by atoms with Gasteiger partial charge in [0.05, 0.1) is 59.6 Å². The highest BCUT2D eigenvalue weighted by Gasteiger charge is 2.27. The SMILES string of the molecule is CC(C)(C)C.CCCC.CCCC.CCCCC(CC)C(CCCC(=O)c1cnc(/C=C(\C)C(C)(C)C)c(C)n1)OC(C)C.CCCCCCC(CCCC(=O)c1cnc(/C=C(\C)C(C)(C)C)c(C)n1)OC(C)C.CN(C(=O)OC(C)(C)C)C(C)(C)C. The number of hydrogen-bond acceptors (Lipinski definition) is 10. The Hall–Kier alpha value is -3.83. The molecule has 0 saturated carbocycles. The van der Waals surface area contributed by atoms with E-state index in [1.54, 1.807) is 24.3 Å². The molecular weight excluding hydrogens is 1080 g/mol. The highest BCUT2D eigenvalue weighted by Crippen LogP contribution is 2.29. The van der Waals surface area contributed by atoms with E-state index in [9.17, 15) is 14.4 Å². The Morgan fingerprint density at radius 1 is 0.517 bits per heavy atom. The summed E-state index contributed by atoms with van der Waals surface area (Å²) < 4.78 is 17.5. The van der Waals surface area contributed by atoms with Crippen LogP contribution in [-0.2, 0) is 14.2 Å². The molecule has 87 heavy (non-hydrogen) atoms. The average Bonchev–Trinajstić information content (AvgIpc) is 3.58. The zero-order valence-corrected chi connectivity index (χ0v) is 63.3. The molecule has 11 heteroatoms. The van der Waals surface area contributed by atoms with Crippen molar-refractivity contribution in [2.24, 2.45) is 22.2 Å². The summed E-state index contributed by atoms with van der Waals surface area (Å²) in [6, 6.07) is 0. The van der Waals surface area contributed by atoms with Gasteiger partial charge < -0.3 is 19.1 Å². The molecule has 0 aliphatic rings. The molecule has 0 spiro atoms. The summed E-state index contributed by atoms with van der Waals surface area (Å²) in [5.41, 5.74) is 6.81. The van der Waals surface area contributed by atoms with Gasteiger partial charge in [-0.25, -0.2) is 14.8 Å². The predicted molar refractivity (Wildman–Crippen MR) is 378 cm³/mol. The van der Waals surface area contributed by atoms with E-state index < -0.39 is 5.60 Å². The van der Waals surface area contributed by atoms with Crippen LogP contribution in [0.15, 0.2) is 23.5 Å². The van der Waals surface area contributed by atoms with E-state index in [0.717, 1.165) is 61.3 Å². The van der Waals surface area contributed by atoms with Gasteiger partial charge in [-0.1, -0.05) is 199 Å². The summed E-state index contributed by atoms with van der Waals surface area (Å²) in [6.07, 6.45) is 28.7. The highest BCUT2D eigenvalue weighted by atomic mass is 16.6. The third-order valence-corrected chi connectivity index (χ3v) is 14.4. The van der Waals surface area contributed by atoms with Crippen LogP contribution in [0.3, 0.4) is 0 Å². The maximum atomic E-state index is 12.7. The summed E-state index contributed by atoms with van der Waals surface area (Å²) in [5.74, 6) is 0.711. The van der Waals surface area contributed by atoms with Crippen LogP contribution in [0.25, 0.3) is 12.2 Å². The molecule has 3 atom stereocenters. The molecule has 0 N–H and O–H groups in total. The van der Waals surface area contributed by atoms with E-state index in [1.165, 1.54) is 81.8 Å². The molecule has 2 aromatic heterocycles. The number of Topliss-reactive ketones (excluding diaryl/α,β-unsaturated/α-hetero) is 2. The first kappa shape index (κ1) is 89.6. The Bertz CT molecular complexity index is 2160. The Labute approximate surface area is 539 Å². The Kier molecular flexibility index (Phi) is 48.5. The summed E-state index contributed by atoms with van der Waals surface area (Å²) in [5, 5.41) is 0. The molecule has 0 bridgehead atoms. The minimum atomic E-state index is -0.420. The maximum Gasteiger partial charge on any atom is 0.410 e. The van der Waals surface area contributed by atoms with Crippen LogP contribution in [0, 0.1) is 36.0 Å².